The van der Waals surface area contributed by atoms with Crippen LogP contribution in [0.4, 0.5) is 0 Å². The first-order valence-corrected chi connectivity index (χ1v) is 8.69. The molecule has 1 amide bonds. The third kappa shape index (κ3) is 5.92. The van der Waals surface area contributed by atoms with Crippen LogP contribution in [0.3, 0.4) is 0 Å². The maximum atomic E-state index is 12.3. The van der Waals surface area contributed by atoms with E-state index in [0.717, 1.165) is 12.8 Å². The first kappa shape index (κ1) is 19.5. The van der Waals surface area contributed by atoms with Crippen molar-refractivity contribution in [3.05, 3.63) is 65.7 Å². The molecule has 0 bridgehead atoms. The van der Waals surface area contributed by atoms with Gasteiger partial charge in [-0.2, -0.15) is 0 Å². The number of rotatable bonds is 8. The number of carbonyl (C=O) groups excluding carboxylic acids is 2. The van der Waals surface area contributed by atoms with E-state index in [1.807, 2.05) is 25.1 Å². The number of amides is 1. The summed E-state index contributed by atoms with van der Waals surface area (Å²) in [6.07, 6.45) is 1.14. The van der Waals surface area contributed by atoms with E-state index in [0.29, 0.717) is 11.3 Å². The Morgan fingerprint density at radius 3 is 2.27 bits per heavy atom. The molecule has 138 valence electrons. The van der Waals surface area contributed by atoms with Crippen LogP contribution in [0.15, 0.2) is 54.6 Å². The summed E-state index contributed by atoms with van der Waals surface area (Å²) >= 11 is 0. The molecule has 0 heterocycles. The fraction of sp³-hybridized carbons (Fsp3) is 0.333. The van der Waals surface area contributed by atoms with Crippen molar-refractivity contribution < 1.29 is 19.1 Å². The minimum absolute atomic E-state index is 0.0513. The van der Waals surface area contributed by atoms with Crippen molar-refractivity contribution in [1.29, 1.82) is 0 Å². The molecule has 0 spiro atoms. The molecule has 5 nitrogen and oxygen atoms in total. The average Bonchev–Trinajstić information content (AvgIpc) is 2.67. The van der Waals surface area contributed by atoms with Gasteiger partial charge in [0.1, 0.15) is 5.75 Å². The number of esters is 1. The summed E-state index contributed by atoms with van der Waals surface area (Å²) in [5.74, 6) is -0.0468. The fourth-order valence-corrected chi connectivity index (χ4v) is 2.51. The van der Waals surface area contributed by atoms with Gasteiger partial charge >= 0.3 is 5.97 Å². The Hall–Kier alpha value is -2.82. The highest BCUT2D eigenvalue weighted by Gasteiger charge is 2.17. The molecule has 2 aromatic rings. The number of nitrogens with one attached hydrogen (secondary N) is 1. The van der Waals surface area contributed by atoms with Crippen LogP contribution in [-0.4, -0.2) is 31.1 Å². The third-order valence-corrected chi connectivity index (χ3v) is 4.06. The molecule has 0 saturated heterocycles. The Kier molecular flexibility index (Phi) is 7.21. The summed E-state index contributed by atoms with van der Waals surface area (Å²) in [5, 5.41) is 2.97. The smallest absolute Gasteiger partial charge is 0.337 e. The molecule has 1 N–H and O–H groups in total. The van der Waals surface area contributed by atoms with Crippen LogP contribution in [0.25, 0.3) is 0 Å². The number of hydrogen-bond donors (Lipinski definition) is 1. The molecule has 5 heteroatoms. The minimum atomic E-state index is -0.627. The molecule has 2 aromatic carbocycles. The van der Waals surface area contributed by atoms with Crippen LogP contribution < -0.4 is 10.1 Å². The Morgan fingerprint density at radius 2 is 1.65 bits per heavy atom. The highest BCUT2D eigenvalue weighted by molar-refractivity contribution is 5.89. The third-order valence-electron chi connectivity index (χ3n) is 4.06. The van der Waals surface area contributed by atoms with Crippen molar-refractivity contribution in [1.82, 2.24) is 5.32 Å². The zero-order valence-electron chi connectivity index (χ0n) is 15.4. The van der Waals surface area contributed by atoms with Crippen LogP contribution >= 0.6 is 0 Å². The monoisotopic (exact) mass is 355 g/mol. The van der Waals surface area contributed by atoms with Crippen molar-refractivity contribution in [3.8, 4) is 5.75 Å². The Bertz CT molecular complexity index is 713. The van der Waals surface area contributed by atoms with Gasteiger partial charge in [-0.3, -0.25) is 4.79 Å². The first-order chi connectivity index (χ1) is 12.5. The average molecular weight is 355 g/mol. The van der Waals surface area contributed by atoms with Crippen molar-refractivity contribution in [2.75, 3.05) is 7.11 Å². The van der Waals surface area contributed by atoms with E-state index in [9.17, 15) is 9.59 Å². The van der Waals surface area contributed by atoms with Gasteiger partial charge in [0.25, 0.3) is 5.91 Å². The molecule has 26 heavy (non-hydrogen) atoms. The lowest BCUT2D eigenvalue weighted by atomic mass is 10.1. The topological polar surface area (TPSA) is 64.6 Å². The number of ether oxygens (including phenoxy) is 2. The highest BCUT2D eigenvalue weighted by atomic mass is 16.5. The predicted molar refractivity (Wildman–Crippen MR) is 100 cm³/mol. The van der Waals surface area contributed by atoms with Gasteiger partial charge in [-0.15, -0.1) is 0 Å². The van der Waals surface area contributed by atoms with Crippen LogP contribution in [0.2, 0.25) is 0 Å². The molecule has 0 unspecified atom stereocenters. The van der Waals surface area contributed by atoms with E-state index in [2.05, 4.69) is 22.2 Å². The summed E-state index contributed by atoms with van der Waals surface area (Å²) in [5.41, 5.74) is 1.69. The van der Waals surface area contributed by atoms with Crippen LogP contribution in [0.1, 0.15) is 36.2 Å². The number of benzene rings is 2. The Labute approximate surface area is 154 Å². The summed E-state index contributed by atoms with van der Waals surface area (Å²) in [4.78, 5) is 23.7. The van der Waals surface area contributed by atoms with Crippen LogP contribution in [-0.2, 0) is 16.0 Å². The lowest BCUT2D eigenvalue weighted by Crippen LogP contribution is -2.41. The van der Waals surface area contributed by atoms with Gasteiger partial charge in [0.15, 0.2) is 6.10 Å². The highest BCUT2D eigenvalue weighted by Crippen LogP contribution is 2.15. The molecule has 0 aromatic heterocycles. The molecule has 0 aliphatic rings. The molecule has 0 aliphatic heterocycles. The number of aryl methyl sites for hydroxylation is 1. The second-order valence-corrected chi connectivity index (χ2v) is 6.21. The maximum Gasteiger partial charge on any atom is 0.337 e. The summed E-state index contributed by atoms with van der Waals surface area (Å²) in [6, 6.07) is 16.7. The van der Waals surface area contributed by atoms with E-state index in [1.54, 1.807) is 31.2 Å². The Morgan fingerprint density at radius 1 is 1.00 bits per heavy atom. The molecular weight excluding hydrogens is 330 g/mol. The van der Waals surface area contributed by atoms with E-state index < -0.39 is 12.1 Å². The number of hydrogen-bond acceptors (Lipinski definition) is 4. The summed E-state index contributed by atoms with van der Waals surface area (Å²) in [7, 11) is 1.33. The van der Waals surface area contributed by atoms with Crippen LogP contribution in [0.5, 0.6) is 5.75 Å². The Balaban J connectivity index is 1.80. The molecule has 0 saturated carbocycles. The second kappa shape index (κ2) is 9.61. The zero-order valence-corrected chi connectivity index (χ0v) is 15.4. The van der Waals surface area contributed by atoms with Crippen molar-refractivity contribution >= 4 is 11.9 Å². The van der Waals surface area contributed by atoms with Gasteiger partial charge in [-0.25, -0.2) is 4.79 Å². The zero-order chi connectivity index (χ0) is 18.9. The van der Waals surface area contributed by atoms with Gasteiger partial charge < -0.3 is 14.8 Å². The SMILES string of the molecule is COC(=O)c1ccc(O[C@@H](C)C(=O)N[C@@H](C)CCc2ccccc2)cc1. The minimum Gasteiger partial charge on any atom is -0.481 e. The van der Waals surface area contributed by atoms with Crippen LogP contribution in [0, 0.1) is 0 Å². The molecule has 2 atom stereocenters. The van der Waals surface area contributed by atoms with Gasteiger partial charge in [0.05, 0.1) is 12.7 Å². The fourth-order valence-electron chi connectivity index (χ4n) is 2.51. The van der Waals surface area contributed by atoms with E-state index in [1.165, 1.54) is 12.7 Å². The van der Waals surface area contributed by atoms with Gasteiger partial charge in [-0.1, -0.05) is 30.3 Å². The van der Waals surface area contributed by atoms with Gasteiger partial charge in [0, 0.05) is 6.04 Å². The molecular formula is C21H25NO4. The second-order valence-electron chi connectivity index (χ2n) is 6.21. The number of methoxy groups -OCH3 is 1. The quantitative estimate of drug-likeness (QED) is 0.737. The van der Waals surface area contributed by atoms with Crippen molar-refractivity contribution in [3.63, 3.8) is 0 Å². The largest absolute Gasteiger partial charge is 0.481 e. The summed E-state index contributed by atoms with van der Waals surface area (Å²) < 4.78 is 10.3. The summed E-state index contributed by atoms with van der Waals surface area (Å²) in [6.45, 7) is 3.69. The van der Waals surface area contributed by atoms with Crippen molar-refractivity contribution in [2.45, 2.75) is 38.8 Å². The molecule has 0 radical (unpaired) electrons. The molecule has 0 fully saturated rings. The number of carbonyl (C=O) groups is 2. The van der Waals surface area contributed by atoms with Crippen molar-refractivity contribution in [2.24, 2.45) is 0 Å². The maximum absolute atomic E-state index is 12.3. The first-order valence-electron chi connectivity index (χ1n) is 8.69. The lowest BCUT2D eigenvalue weighted by molar-refractivity contribution is -0.127. The van der Waals surface area contributed by atoms with Gasteiger partial charge in [0.2, 0.25) is 0 Å². The molecule has 2 rings (SSSR count). The van der Waals surface area contributed by atoms with E-state index >= 15 is 0 Å². The predicted octanol–water partition coefficient (Wildman–Crippen LogP) is 3.38. The van der Waals surface area contributed by atoms with Gasteiger partial charge in [-0.05, 0) is 56.5 Å². The normalized spacial score (nSPS) is 12.7. The van der Waals surface area contributed by atoms with E-state index in [-0.39, 0.29) is 11.9 Å². The standard InChI is InChI=1S/C21H25NO4/c1-15(9-10-17-7-5-4-6-8-17)22-20(23)16(2)26-19-13-11-18(12-14-19)21(24)25-3/h4-8,11-16H,9-10H2,1-3H3,(H,22,23)/t15-,16-/m0/s1. The van der Waals surface area contributed by atoms with E-state index in [4.69, 9.17) is 4.74 Å². The molecule has 0 aliphatic carbocycles. The lowest BCUT2D eigenvalue weighted by Gasteiger charge is -2.19.